The van der Waals surface area contributed by atoms with Gasteiger partial charge in [0, 0.05) is 13.1 Å². The van der Waals surface area contributed by atoms with Crippen molar-refractivity contribution < 1.29 is 17.2 Å². The highest BCUT2D eigenvalue weighted by atomic mass is 32.2. The minimum atomic E-state index is -3.54. The van der Waals surface area contributed by atoms with Gasteiger partial charge >= 0.3 is 0 Å². The van der Waals surface area contributed by atoms with E-state index in [1.807, 2.05) is 0 Å². The second-order valence-electron chi connectivity index (χ2n) is 2.44. The van der Waals surface area contributed by atoms with Crippen molar-refractivity contribution in [2.75, 3.05) is 25.4 Å². The lowest BCUT2D eigenvalue weighted by Crippen LogP contribution is -2.39. The molecule has 0 saturated heterocycles. The average molecular weight is 216 g/mol. The van der Waals surface area contributed by atoms with Crippen LogP contribution in [0, 0.1) is 0 Å². The van der Waals surface area contributed by atoms with Crippen LogP contribution in [0.1, 0.15) is 6.92 Å². The second-order valence-corrected chi connectivity index (χ2v) is 4.70. The van der Waals surface area contributed by atoms with Crippen LogP contribution in [0.3, 0.4) is 0 Å². The molecule has 0 bridgehead atoms. The summed E-state index contributed by atoms with van der Waals surface area (Å²) in [6.45, 7) is 0.629. The Morgan fingerprint density at radius 3 is 2.31 bits per heavy atom. The standard InChI is InChI=1S/C6H14F2N2O2S/c1-2-13(11,12)10(4-3-9)5-6(7)8/h6H,2-5,9H2,1H3. The van der Waals surface area contributed by atoms with E-state index in [-0.39, 0.29) is 18.8 Å². The Hall–Kier alpha value is -0.270. The average Bonchev–Trinajstić information content (AvgIpc) is 2.03. The van der Waals surface area contributed by atoms with Crippen LogP contribution in [-0.4, -0.2) is 44.5 Å². The summed E-state index contributed by atoms with van der Waals surface area (Å²) in [5, 5.41) is 0. The zero-order chi connectivity index (χ0) is 10.5. The topological polar surface area (TPSA) is 63.4 Å². The van der Waals surface area contributed by atoms with Gasteiger partial charge in [0.2, 0.25) is 10.0 Å². The van der Waals surface area contributed by atoms with Crippen molar-refractivity contribution in [1.29, 1.82) is 0 Å². The van der Waals surface area contributed by atoms with Gasteiger partial charge in [-0.25, -0.2) is 17.2 Å². The molecule has 0 saturated carbocycles. The van der Waals surface area contributed by atoms with Crippen molar-refractivity contribution in [2.45, 2.75) is 13.3 Å². The van der Waals surface area contributed by atoms with Gasteiger partial charge in [0.1, 0.15) is 0 Å². The first kappa shape index (κ1) is 12.7. The first-order valence-corrected chi connectivity index (χ1v) is 5.51. The number of nitrogens with two attached hydrogens (primary N) is 1. The minimum absolute atomic E-state index is 0.0476. The molecule has 0 aromatic rings. The smallest absolute Gasteiger partial charge is 0.252 e. The molecule has 0 radical (unpaired) electrons. The first-order valence-electron chi connectivity index (χ1n) is 3.90. The molecule has 0 atom stereocenters. The molecule has 0 heterocycles. The van der Waals surface area contributed by atoms with E-state index in [0.717, 1.165) is 4.31 Å². The Morgan fingerprint density at radius 2 is 2.00 bits per heavy atom. The predicted molar refractivity (Wildman–Crippen MR) is 46.1 cm³/mol. The molecule has 0 aliphatic rings. The summed E-state index contributed by atoms with van der Waals surface area (Å²) in [5.41, 5.74) is 5.11. The number of sulfonamides is 1. The van der Waals surface area contributed by atoms with Crippen LogP contribution in [0.4, 0.5) is 8.78 Å². The molecule has 0 aromatic heterocycles. The summed E-state index contributed by atoms with van der Waals surface area (Å²) in [7, 11) is -3.54. The van der Waals surface area contributed by atoms with Crippen LogP contribution in [0.2, 0.25) is 0 Å². The lowest BCUT2D eigenvalue weighted by atomic mass is 10.6. The van der Waals surface area contributed by atoms with Gasteiger partial charge in [-0.3, -0.25) is 0 Å². The molecule has 0 aromatic carbocycles. The Bertz CT molecular complexity index is 231. The van der Waals surface area contributed by atoms with Gasteiger partial charge in [-0.05, 0) is 6.92 Å². The van der Waals surface area contributed by atoms with Crippen molar-refractivity contribution in [2.24, 2.45) is 5.73 Å². The third-order valence-corrected chi connectivity index (χ3v) is 3.33. The third kappa shape index (κ3) is 4.49. The van der Waals surface area contributed by atoms with Crippen LogP contribution in [0.15, 0.2) is 0 Å². The lowest BCUT2D eigenvalue weighted by molar-refractivity contribution is 0.120. The molecular weight excluding hydrogens is 202 g/mol. The van der Waals surface area contributed by atoms with Gasteiger partial charge in [0.25, 0.3) is 6.43 Å². The minimum Gasteiger partial charge on any atom is -0.329 e. The van der Waals surface area contributed by atoms with E-state index in [0.29, 0.717) is 0 Å². The fourth-order valence-electron chi connectivity index (χ4n) is 0.824. The zero-order valence-corrected chi connectivity index (χ0v) is 8.23. The van der Waals surface area contributed by atoms with Gasteiger partial charge in [-0.1, -0.05) is 0 Å². The quantitative estimate of drug-likeness (QED) is 0.672. The highest BCUT2D eigenvalue weighted by Gasteiger charge is 2.22. The zero-order valence-electron chi connectivity index (χ0n) is 7.41. The number of alkyl halides is 2. The molecule has 0 amide bonds. The van der Waals surface area contributed by atoms with Gasteiger partial charge in [-0.2, -0.15) is 4.31 Å². The summed E-state index contributed by atoms with van der Waals surface area (Å²) >= 11 is 0. The number of hydrogen-bond donors (Lipinski definition) is 1. The molecule has 0 unspecified atom stereocenters. The molecule has 0 spiro atoms. The molecule has 13 heavy (non-hydrogen) atoms. The Labute approximate surface area is 76.8 Å². The summed E-state index contributed by atoms with van der Waals surface area (Å²) in [5.74, 6) is -0.181. The third-order valence-electron chi connectivity index (χ3n) is 1.48. The maximum absolute atomic E-state index is 11.9. The Kier molecular flexibility index (Phi) is 5.34. The van der Waals surface area contributed by atoms with Crippen molar-refractivity contribution in [3.05, 3.63) is 0 Å². The van der Waals surface area contributed by atoms with Crippen molar-refractivity contribution in [3.63, 3.8) is 0 Å². The maximum Gasteiger partial charge on any atom is 0.252 e. The molecule has 0 fully saturated rings. The maximum atomic E-state index is 11.9. The predicted octanol–water partition coefficient (Wildman–Crippen LogP) is -0.138. The Morgan fingerprint density at radius 1 is 1.46 bits per heavy atom. The largest absolute Gasteiger partial charge is 0.329 e. The van der Waals surface area contributed by atoms with Crippen LogP contribution >= 0.6 is 0 Å². The molecular formula is C6H14F2N2O2S. The first-order chi connectivity index (χ1) is 5.94. The van der Waals surface area contributed by atoms with E-state index in [2.05, 4.69) is 0 Å². The molecule has 2 N–H and O–H groups in total. The highest BCUT2D eigenvalue weighted by Crippen LogP contribution is 2.04. The van der Waals surface area contributed by atoms with Crippen LogP contribution in [-0.2, 0) is 10.0 Å². The SMILES string of the molecule is CCS(=O)(=O)N(CCN)CC(F)F. The van der Waals surface area contributed by atoms with Crippen molar-refractivity contribution >= 4 is 10.0 Å². The van der Waals surface area contributed by atoms with Crippen molar-refractivity contribution in [3.8, 4) is 0 Å². The van der Waals surface area contributed by atoms with E-state index in [4.69, 9.17) is 5.73 Å². The van der Waals surface area contributed by atoms with Gasteiger partial charge in [0.05, 0.1) is 12.3 Å². The van der Waals surface area contributed by atoms with Gasteiger partial charge < -0.3 is 5.73 Å². The van der Waals surface area contributed by atoms with Crippen LogP contribution in [0.5, 0.6) is 0 Å². The molecule has 7 heteroatoms. The second kappa shape index (κ2) is 5.46. The summed E-state index contributed by atoms with van der Waals surface area (Å²) in [4.78, 5) is 0. The van der Waals surface area contributed by atoms with Crippen LogP contribution < -0.4 is 5.73 Å². The fourth-order valence-corrected chi connectivity index (χ4v) is 1.91. The summed E-state index contributed by atoms with van der Waals surface area (Å²) in [6.07, 6.45) is -2.66. The van der Waals surface area contributed by atoms with E-state index in [1.165, 1.54) is 6.92 Å². The number of rotatable bonds is 6. The molecule has 0 aliphatic carbocycles. The normalized spacial score (nSPS) is 12.8. The number of hydrogen-bond acceptors (Lipinski definition) is 3. The fraction of sp³-hybridized carbons (Fsp3) is 1.00. The van der Waals surface area contributed by atoms with Gasteiger partial charge in [-0.15, -0.1) is 0 Å². The van der Waals surface area contributed by atoms with Gasteiger partial charge in [0.15, 0.2) is 0 Å². The summed E-state index contributed by atoms with van der Waals surface area (Å²) in [6, 6.07) is 0. The van der Waals surface area contributed by atoms with E-state index in [1.54, 1.807) is 0 Å². The van der Waals surface area contributed by atoms with Crippen LogP contribution in [0.25, 0.3) is 0 Å². The molecule has 0 aliphatic heterocycles. The molecule has 80 valence electrons. The molecule has 0 rings (SSSR count). The molecule has 4 nitrogen and oxygen atoms in total. The Balaban J connectivity index is 4.41. The number of nitrogens with zero attached hydrogens (tertiary/aromatic N) is 1. The van der Waals surface area contributed by atoms with E-state index >= 15 is 0 Å². The van der Waals surface area contributed by atoms with Crippen molar-refractivity contribution in [1.82, 2.24) is 4.31 Å². The van der Waals surface area contributed by atoms with E-state index < -0.39 is 23.0 Å². The summed E-state index contributed by atoms with van der Waals surface area (Å²) < 4.78 is 46.9. The number of halogens is 2. The highest BCUT2D eigenvalue weighted by molar-refractivity contribution is 7.89. The monoisotopic (exact) mass is 216 g/mol. The van der Waals surface area contributed by atoms with E-state index in [9.17, 15) is 17.2 Å². The lowest BCUT2D eigenvalue weighted by Gasteiger charge is -2.19.